The number of nitrogens with zero attached hydrogens (tertiary/aromatic N) is 2. The summed E-state index contributed by atoms with van der Waals surface area (Å²) in [4.78, 5) is 21.1. The zero-order valence-electron chi connectivity index (χ0n) is 10.7. The third-order valence-corrected chi connectivity index (χ3v) is 3.73. The number of hydrogen-bond donors (Lipinski definition) is 2. The molecule has 2 aromatic rings. The summed E-state index contributed by atoms with van der Waals surface area (Å²) in [5, 5.41) is 9.89. The van der Waals surface area contributed by atoms with Crippen molar-refractivity contribution in [2.24, 2.45) is 0 Å². The molecule has 0 aliphatic heterocycles. The Hall–Kier alpha value is -1.67. The Morgan fingerprint density at radius 1 is 1.48 bits per heavy atom. The number of nitrogens with one attached hydrogen (secondary N) is 1. The van der Waals surface area contributed by atoms with Crippen molar-refractivity contribution in [3.05, 3.63) is 45.1 Å². The molecule has 9 heteroatoms. The van der Waals surface area contributed by atoms with E-state index >= 15 is 0 Å². The molecule has 112 valence electrons. The van der Waals surface area contributed by atoms with Crippen LogP contribution < -0.4 is 5.56 Å². The van der Waals surface area contributed by atoms with Gasteiger partial charge in [0.15, 0.2) is 5.16 Å². The number of pyridine rings is 1. The standard InChI is InChI=1S/C12H10ClF2N3O2S/c1-12(14,15)9-2-10(20)18-11(17-9)21-5-6-7(13)3-16-4-8(6)19/h2-4,19H,5H2,1H3,(H,17,18,20). The lowest BCUT2D eigenvalue weighted by Crippen LogP contribution is -2.17. The van der Waals surface area contributed by atoms with E-state index in [-0.39, 0.29) is 21.7 Å². The fourth-order valence-electron chi connectivity index (χ4n) is 1.46. The van der Waals surface area contributed by atoms with E-state index in [1.54, 1.807) is 0 Å². The van der Waals surface area contributed by atoms with Gasteiger partial charge in [0, 0.05) is 30.5 Å². The van der Waals surface area contributed by atoms with Gasteiger partial charge in [0.05, 0.1) is 11.2 Å². The van der Waals surface area contributed by atoms with Crippen LogP contribution in [0.15, 0.2) is 28.4 Å². The molecule has 0 spiro atoms. The van der Waals surface area contributed by atoms with Crippen LogP contribution in [0.3, 0.4) is 0 Å². The molecule has 0 atom stereocenters. The average molecular weight is 334 g/mol. The zero-order valence-corrected chi connectivity index (χ0v) is 12.3. The second-order valence-corrected chi connectivity index (χ2v) is 5.60. The number of aromatic amines is 1. The number of thioether (sulfide) groups is 1. The lowest BCUT2D eigenvalue weighted by molar-refractivity contribution is 0.0118. The Morgan fingerprint density at radius 3 is 2.81 bits per heavy atom. The maximum absolute atomic E-state index is 13.2. The maximum Gasteiger partial charge on any atom is 0.287 e. The monoisotopic (exact) mass is 333 g/mol. The number of hydrogen-bond acceptors (Lipinski definition) is 5. The molecular formula is C12H10ClF2N3O2S. The summed E-state index contributed by atoms with van der Waals surface area (Å²) in [5.74, 6) is -3.18. The number of H-pyrrole nitrogens is 1. The second kappa shape index (κ2) is 5.98. The fraction of sp³-hybridized carbons (Fsp3) is 0.250. The molecule has 0 aliphatic rings. The predicted octanol–water partition coefficient (Wildman–Crippen LogP) is 2.93. The predicted molar refractivity (Wildman–Crippen MR) is 74.9 cm³/mol. The molecular weight excluding hydrogens is 324 g/mol. The van der Waals surface area contributed by atoms with Gasteiger partial charge in [-0.3, -0.25) is 9.78 Å². The first-order valence-corrected chi connectivity index (χ1v) is 7.07. The smallest absolute Gasteiger partial charge is 0.287 e. The lowest BCUT2D eigenvalue weighted by Gasteiger charge is -2.10. The fourth-order valence-corrected chi connectivity index (χ4v) is 2.68. The Bertz CT molecular complexity index is 698. The average Bonchev–Trinajstić information content (AvgIpc) is 2.36. The van der Waals surface area contributed by atoms with Gasteiger partial charge in [-0.1, -0.05) is 23.4 Å². The lowest BCUT2D eigenvalue weighted by atomic mass is 10.3. The van der Waals surface area contributed by atoms with Crippen molar-refractivity contribution in [1.29, 1.82) is 0 Å². The van der Waals surface area contributed by atoms with Crippen LogP contribution in [0.5, 0.6) is 5.75 Å². The van der Waals surface area contributed by atoms with Gasteiger partial charge in [-0.15, -0.1) is 0 Å². The summed E-state index contributed by atoms with van der Waals surface area (Å²) < 4.78 is 26.4. The van der Waals surface area contributed by atoms with Crippen LogP contribution in [0.1, 0.15) is 18.2 Å². The van der Waals surface area contributed by atoms with E-state index in [2.05, 4.69) is 15.0 Å². The molecule has 0 saturated carbocycles. The third kappa shape index (κ3) is 3.92. The van der Waals surface area contributed by atoms with Gasteiger partial charge in [-0.05, 0) is 0 Å². The summed E-state index contributed by atoms with van der Waals surface area (Å²) >= 11 is 6.86. The number of halogens is 3. The normalized spacial score (nSPS) is 11.6. The highest BCUT2D eigenvalue weighted by atomic mass is 35.5. The molecule has 0 aromatic carbocycles. The highest BCUT2D eigenvalue weighted by molar-refractivity contribution is 7.98. The van der Waals surface area contributed by atoms with Gasteiger partial charge >= 0.3 is 0 Å². The van der Waals surface area contributed by atoms with Crippen LogP contribution in [-0.2, 0) is 11.7 Å². The molecule has 2 heterocycles. The van der Waals surface area contributed by atoms with Crippen molar-refractivity contribution < 1.29 is 13.9 Å². The van der Waals surface area contributed by atoms with Gasteiger partial charge in [-0.2, -0.15) is 8.78 Å². The van der Waals surface area contributed by atoms with Crippen LogP contribution in [0.2, 0.25) is 5.02 Å². The molecule has 21 heavy (non-hydrogen) atoms. The van der Waals surface area contributed by atoms with Crippen molar-refractivity contribution in [3.8, 4) is 5.75 Å². The van der Waals surface area contributed by atoms with Crippen molar-refractivity contribution in [3.63, 3.8) is 0 Å². The largest absolute Gasteiger partial charge is 0.506 e. The molecule has 0 aliphatic carbocycles. The maximum atomic E-state index is 13.2. The van der Waals surface area contributed by atoms with Crippen LogP contribution >= 0.6 is 23.4 Å². The van der Waals surface area contributed by atoms with E-state index < -0.39 is 17.2 Å². The number of alkyl halides is 2. The molecule has 2 rings (SSSR count). The Labute approximate surface area is 127 Å². The quantitative estimate of drug-likeness (QED) is 0.664. The Kier molecular flexibility index (Phi) is 4.48. The minimum atomic E-state index is -3.21. The highest BCUT2D eigenvalue weighted by Crippen LogP contribution is 2.31. The molecule has 2 aromatic heterocycles. The highest BCUT2D eigenvalue weighted by Gasteiger charge is 2.27. The van der Waals surface area contributed by atoms with Crippen molar-refractivity contribution in [1.82, 2.24) is 15.0 Å². The number of rotatable bonds is 4. The molecule has 0 saturated heterocycles. The first kappa shape index (κ1) is 15.7. The Balaban J connectivity index is 2.25. The van der Waals surface area contributed by atoms with Crippen LogP contribution in [0.4, 0.5) is 8.78 Å². The minimum Gasteiger partial charge on any atom is -0.506 e. The summed E-state index contributed by atoms with van der Waals surface area (Å²) in [6.45, 7) is 0.661. The first-order chi connectivity index (χ1) is 9.77. The second-order valence-electron chi connectivity index (χ2n) is 4.23. The summed E-state index contributed by atoms with van der Waals surface area (Å²) in [6.07, 6.45) is 2.57. The topological polar surface area (TPSA) is 78.9 Å². The molecule has 0 radical (unpaired) electrons. The van der Waals surface area contributed by atoms with Crippen molar-refractivity contribution in [2.45, 2.75) is 23.8 Å². The minimum absolute atomic E-state index is 0.0197. The van der Waals surface area contributed by atoms with Gasteiger partial charge in [0.2, 0.25) is 0 Å². The van der Waals surface area contributed by atoms with E-state index in [1.807, 2.05) is 0 Å². The molecule has 0 unspecified atom stereocenters. The van der Waals surface area contributed by atoms with E-state index in [4.69, 9.17) is 11.6 Å². The molecule has 0 fully saturated rings. The zero-order chi connectivity index (χ0) is 15.6. The number of aromatic hydroxyl groups is 1. The molecule has 2 N–H and O–H groups in total. The van der Waals surface area contributed by atoms with Crippen LogP contribution in [0, 0.1) is 0 Å². The molecule has 0 amide bonds. The molecule has 5 nitrogen and oxygen atoms in total. The number of aromatic nitrogens is 3. The van der Waals surface area contributed by atoms with Gasteiger partial charge in [-0.25, -0.2) is 4.98 Å². The molecule has 0 bridgehead atoms. The van der Waals surface area contributed by atoms with Gasteiger partial charge in [0.1, 0.15) is 11.4 Å². The summed E-state index contributed by atoms with van der Waals surface area (Å²) in [5.41, 5.74) is -0.902. The van der Waals surface area contributed by atoms with E-state index in [1.165, 1.54) is 12.4 Å². The van der Waals surface area contributed by atoms with Crippen LogP contribution in [-0.4, -0.2) is 20.1 Å². The first-order valence-electron chi connectivity index (χ1n) is 5.71. The summed E-state index contributed by atoms with van der Waals surface area (Å²) in [6, 6.07) is 0.751. The SMILES string of the molecule is CC(F)(F)c1cc(=O)[nH]c(SCc2c(O)cncc2Cl)n1. The van der Waals surface area contributed by atoms with E-state index in [0.717, 1.165) is 17.8 Å². The van der Waals surface area contributed by atoms with Crippen molar-refractivity contribution >= 4 is 23.4 Å². The van der Waals surface area contributed by atoms with E-state index in [9.17, 15) is 18.7 Å². The van der Waals surface area contributed by atoms with E-state index in [0.29, 0.717) is 12.5 Å². The Morgan fingerprint density at radius 2 is 2.19 bits per heavy atom. The van der Waals surface area contributed by atoms with Crippen LogP contribution in [0.25, 0.3) is 0 Å². The van der Waals surface area contributed by atoms with Crippen molar-refractivity contribution in [2.75, 3.05) is 0 Å². The summed E-state index contributed by atoms with van der Waals surface area (Å²) in [7, 11) is 0. The van der Waals surface area contributed by atoms with Gasteiger partial charge in [0.25, 0.3) is 11.5 Å². The third-order valence-electron chi connectivity index (χ3n) is 2.51. The van der Waals surface area contributed by atoms with Gasteiger partial charge < -0.3 is 10.1 Å².